The van der Waals surface area contributed by atoms with Gasteiger partial charge in [-0.1, -0.05) is 25.1 Å². The first-order chi connectivity index (χ1) is 9.62. The molecule has 5 heteroatoms. The monoisotopic (exact) mass is 302 g/mol. The van der Waals surface area contributed by atoms with Gasteiger partial charge in [-0.2, -0.15) is 13.2 Å². The Hall–Kier alpha value is -1.23. The average molecular weight is 302 g/mol. The summed E-state index contributed by atoms with van der Waals surface area (Å²) in [4.78, 5) is 1.42. The van der Waals surface area contributed by atoms with Crippen molar-refractivity contribution in [3.8, 4) is 0 Å². The Balaban J connectivity index is 2.96. The van der Waals surface area contributed by atoms with Crippen molar-refractivity contribution in [3.05, 3.63) is 29.8 Å². The number of nitrogens with zero attached hydrogens (tertiary/aromatic N) is 1. The number of hydrogen-bond donors (Lipinski definition) is 1. The lowest BCUT2D eigenvalue weighted by atomic mass is 10.1. The van der Waals surface area contributed by atoms with Crippen LogP contribution < -0.4 is 10.2 Å². The van der Waals surface area contributed by atoms with Crippen LogP contribution in [0.25, 0.3) is 0 Å². The van der Waals surface area contributed by atoms with Crippen LogP contribution in [-0.4, -0.2) is 24.8 Å². The lowest BCUT2D eigenvalue weighted by Crippen LogP contribution is -2.38. The van der Waals surface area contributed by atoms with Crippen molar-refractivity contribution in [2.45, 2.75) is 52.4 Å². The second-order valence-electron chi connectivity index (χ2n) is 6.27. The molecule has 0 unspecified atom stereocenters. The van der Waals surface area contributed by atoms with Crippen LogP contribution in [0.4, 0.5) is 18.9 Å². The third-order valence-electron chi connectivity index (χ3n) is 3.01. The van der Waals surface area contributed by atoms with E-state index in [1.807, 2.05) is 39.8 Å². The highest BCUT2D eigenvalue weighted by Crippen LogP contribution is 2.26. The quantitative estimate of drug-likeness (QED) is 0.840. The predicted molar refractivity (Wildman–Crippen MR) is 81.6 cm³/mol. The SMILES string of the molecule is CCCN(CC(F)(F)F)c1ccccc1CNC(C)(C)C. The molecule has 0 atom stereocenters. The fourth-order valence-electron chi connectivity index (χ4n) is 2.10. The van der Waals surface area contributed by atoms with Gasteiger partial charge in [0, 0.05) is 24.3 Å². The molecule has 1 aromatic carbocycles. The average Bonchev–Trinajstić information content (AvgIpc) is 2.34. The van der Waals surface area contributed by atoms with Crippen LogP contribution in [0.2, 0.25) is 0 Å². The Morgan fingerprint density at radius 1 is 1.10 bits per heavy atom. The van der Waals surface area contributed by atoms with Gasteiger partial charge in [-0.05, 0) is 38.8 Å². The maximum Gasteiger partial charge on any atom is 0.405 e. The largest absolute Gasteiger partial charge is 0.405 e. The molecule has 120 valence electrons. The number of benzene rings is 1. The van der Waals surface area contributed by atoms with Gasteiger partial charge in [0.25, 0.3) is 0 Å². The number of anilines is 1. The van der Waals surface area contributed by atoms with E-state index in [1.165, 1.54) is 4.90 Å². The number of halogens is 3. The molecule has 0 amide bonds. The highest BCUT2D eigenvalue weighted by atomic mass is 19.4. The number of rotatable bonds is 6. The van der Waals surface area contributed by atoms with E-state index in [0.29, 0.717) is 25.2 Å². The van der Waals surface area contributed by atoms with E-state index in [1.54, 1.807) is 12.1 Å². The van der Waals surface area contributed by atoms with Crippen LogP contribution in [0.3, 0.4) is 0 Å². The third-order valence-corrected chi connectivity index (χ3v) is 3.01. The van der Waals surface area contributed by atoms with E-state index in [2.05, 4.69) is 5.32 Å². The van der Waals surface area contributed by atoms with Crippen molar-refractivity contribution in [1.82, 2.24) is 5.32 Å². The molecule has 0 bridgehead atoms. The lowest BCUT2D eigenvalue weighted by Gasteiger charge is -2.29. The molecule has 21 heavy (non-hydrogen) atoms. The molecule has 0 saturated heterocycles. The molecule has 0 saturated carbocycles. The van der Waals surface area contributed by atoms with Crippen molar-refractivity contribution in [2.75, 3.05) is 18.0 Å². The van der Waals surface area contributed by atoms with Crippen molar-refractivity contribution in [1.29, 1.82) is 0 Å². The maximum absolute atomic E-state index is 12.8. The maximum atomic E-state index is 12.8. The van der Waals surface area contributed by atoms with E-state index in [0.717, 1.165) is 5.56 Å². The second kappa shape index (κ2) is 7.16. The standard InChI is InChI=1S/C16H25F3N2/c1-5-10-21(12-16(17,18)19)14-9-7-6-8-13(14)11-20-15(2,3)4/h6-9,20H,5,10-12H2,1-4H3. The molecule has 1 N–H and O–H groups in total. The van der Waals surface area contributed by atoms with Crippen LogP contribution in [0.1, 0.15) is 39.7 Å². The molecule has 1 aromatic rings. The summed E-state index contributed by atoms with van der Waals surface area (Å²) in [5.74, 6) is 0. The Morgan fingerprint density at radius 3 is 2.24 bits per heavy atom. The summed E-state index contributed by atoms with van der Waals surface area (Å²) in [5.41, 5.74) is 1.48. The van der Waals surface area contributed by atoms with Gasteiger partial charge in [-0.15, -0.1) is 0 Å². The Labute approximate surface area is 125 Å². The van der Waals surface area contributed by atoms with E-state index < -0.39 is 12.7 Å². The number of alkyl halides is 3. The third kappa shape index (κ3) is 6.85. The molecule has 0 aliphatic carbocycles. The van der Waals surface area contributed by atoms with Gasteiger partial charge in [0.2, 0.25) is 0 Å². The molecule has 0 radical (unpaired) electrons. The number of para-hydroxylation sites is 1. The van der Waals surface area contributed by atoms with E-state index in [-0.39, 0.29) is 5.54 Å². The van der Waals surface area contributed by atoms with E-state index in [4.69, 9.17) is 0 Å². The van der Waals surface area contributed by atoms with Crippen molar-refractivity contribution < 1.29 is 13.2 Å². The van der Waals surface area contributed by atoms with Gasteiger partial charge in [-0.3, -0.25) is 0 Å². The van der Waals surface area contributed by atoms with Gasteiger partial charge >= 0.3 is 6.18 Å². The van der Waals surface area contributed by atoms with Gasteiger partial charge in [0.15, 0.2) is 0 Å². The molecular formula is C16H25F3N2. The van der Waals surface area contributed by atoms with Crippen molar-refractivity contribution >= 4 is 5.69 Å². The second-order valence-corrected chi connectivity index (χ2v) is 6.27. The van der Waals surface area contributed by atoms with Gasteiger partial charge in [0.05, 0.1) is 0 Å². The molecule has 0 aliphatic rings. The zero-order valence-corrected chi connectivity index (χ0v) is 13.2. The zero-order valence-electron chi connectivity index (χ0n) is 13.2. The Kier molecular flexibility index (Phi) is 6.08. The lowest BCUT2D eigenvalue weighted by molar-refractivity contribution is -0.119. The summed E-state index contributed by atoms with van der Waals surface area (Å²) in [7, 11) is 0. The highest BCUT2D eigenvalue weighted by molar-refractivity contribution is 5.53. The van der Waals surface area contributed by atoms with Crippen LogP contribution in [0, 0.1) is 0 Å². The first-order valence-electron chi connectivity index (χ1n) is 7.27. The first kappa shape index (κ1) is 17.8. The number of nitrogens with one attached hydrogen (secondary N) is 1. The topological polar surface area (TPSA) is 15.3 Å². The molecule has 1 rings (SSSR count). The number of hydrogen-bond acceptors (Lipinski definition) is 2. The highest BCUT2D eigenvalue weighted by Gasteiger charge is 2.31. The molecule has 2 nitrogen and oxygen atoms in total. The Bertz CT molecular complexity index is 436. The summed E-state index contributed by atoms with van der Waals surface area (Å²) in [6.07, 6.45) is -3.52. The first-order valence-corrected chi connectivity index (χ1v) is 7.27. The van der Waals surface area contributed by atoms with Crippen LogP contribution >= 0.6 is 0 Å². The molecule has 0 spiro atoms. The minimum atomic E-state index is -4.19. The van der Waals surface area contributed by atoms with Gasteiger partial charge in [-0.25, -0.2) is 0 Å². The summed E-state index contributed by atoms with van der Waals surface area (Å²) in [6, 6.07) is 7.30. The fourth-order valence-corrected chi connectivity index (χ4v) is 2.10. The van der Waals surface area contributed by atoms with Crippen LogP contribution in [0.15, 0.2) is 24.3 Å². The van der Waals surface area contributed by atoms with Gasteiger partial charge in [0.1, 0.15) is 6.54 Å². The smallest absolute Gasteiger partial charge is 0.362 e. The van der Waals surface area contributed by atoms with E-state index >= 15 is 0 Å². The summed E-state index contributed by atoms with van der Waals surface area (Å²) in [5, 5.41) is 3.33. The van der Waals surface area contributed by atoms with Crippen LogP contribution in [0.5, 0.6) is 0 Å². The normalized spacial score (nSPS) is 12.5. The fraction of sp³-hybridized carbons (Fsp3) is 0.625. The molecule has 0 heterocycles. The molecule has 0 aliphatic heterocycles. The molecule has 0 aromatic heterocycles. The minimum Gasteiger partial charge on any atom is -0.362 e. The minimum absolute atomic E-state index is 0.0767. The van der Waals surface area contributed by atoms with Crippen LogP contribution in [-0.2, 0) is 6.54 Å². The molecular weight excluding hydrogens is 277 g/mol. The van der Waals surface area contributed by atoms with Crippen molar-refractivity contribution in [2.24, 2.45) is 0 Å². The summed E-state index contributed by atoms with van der Waals surface area (Å²) < 4.78 is 38.3. The van der Waals surface area contributed by atoms with E-state index in [9.17, 15) is 13.2 Å². The Morgan fingerprint density at radius 2 is 1.71 bits per heavy atom. The summed E-state index contributed by atoms with van der Waals surface area (Å²) in [6.45, 7) is 8.04. The van der Waals surface area contributed by atoms with Crippen molar-refractivity contribution in [3.63, 3.8) is 0 Å². The summed E-state index contributed by atoms with van der Waals surface area (Å²) >= 11 is 0. The predicted octanol–water partition coefficient (Wildman–Crippen LogP) is 4.35. The van der Waals surface area contributed by atoms with Gasteiger partial charge < -0.3 is 10.2 Å². The molecule has 0 fully saturated rings. The zero-order chi connectivity index (χ0) is 16.1.